The van der Waals surface area contributed by atoms with E-state index < -0.39 is 11.7 Å². The first-order chi connectivity index (χ1) is 14.8. The lowest BCUT2D eigenvalue weighted by molar-refractivity contribution is -0.138. The number of rotatable bonds is 6. The van der Waals surface area contributed by atoms with Crippen molar-refractivity contribution >= 4 is 0 Å². The number of pyridine rings is 1. The fourth-order valence-corrected chi connectivity index (χ4v) is 5.38. The average molecular weight is 436 g/mol. The second-order valence-corrected chi connectivity index (χ2v) is 8.91. The lowest BCUT2D eigenvalue weighted by atomic mass is 9.66. The molecule has 168 valence electrons. The molecule has 0 unspecified atom stereocenters. The highest BCUT2D eigenvalue weighted by molar-refractivity contribution is 5.29. The van der Waals surface area contributed by atoms with Crippen LogP contribution in [0.2, 0.25) is 0 Å². The number of nitrogens with one attached hydrogen (secondary N) is 1. The van der Waals surface area contributed by atoms with E-state index in [4.69, 9.17) is 4.74 Å². The Bertz CT molecular complexity index is 895. The van der Waals surface area contributed by atoms with Crippen LogP contribution in [-0.2, 0) is 22.9 Å². The van der Waals surface area contributed by atoms with Gasteiger partial charge < -0.3 is 10.1 Å². The second kappa shape index (κ2) is 8.87. The zero-order valence-electron chi connectivity index (χ0n) is 17.5. The summed E-state index contributed by atoms with van der Waals surface area (Å²) in [6, 6.07) is 7.77. The molecule has 4 rings (SSSR count). The molecule has 2 heterocycles. The molecule has 1 aromatic carbocycles. The third kappa shape index (κ3) is 4.93. The molecule has 3 nitrogen and oxygen atoms in total. The lowest BCUT2D eigenvalue weighted by Gasteiger charge is -2.47. The first-order valence-electron chi connectivity index (χ1n) is 10.9. The Morgan fingerprint density at radius 2 is 1.90 bits per heavy atom. The maximum absolute atomic E-state index is 14.1. The zero-order chi connectivity index (χ0) is 22.0. The summed E-state index contributed by atoms with van der Waals surface area (Å²) >= 11 is 0. The first kappa shape index (κ1) is 22.2. The average Bonchev–Trinajstić information content (AvgIpc) is 3.18. The van der Waals surface area contributed by atoms with Gasteiger partial charge in [-0.25, -0.2) is 4.39 Å². The molecule has 2 aliphatic rings. The van der Waals surface area contributed by atoms with Gasteiger partial charge in [-0.3, -0.25) is 4.98 Å². The van der Waals surface area contributed by atoms with E-state index in [2.05, 4.69) is 10.3 Å². The summed E-state index contributed by atoms with van der Waals surface area (Å²) < 4.78 is 60.0. The predicted molar refractivity (Wildman–Crippen MR) is 110 cm³/mol. The van der Waals surface area contributed by atoms with Crippen molar-refractivity contribution in [1.82, 2.24) is 10.3 Å². The summed E-state index contributed by atoms with van der Waals surface area (Å²) in [5.41, 5.74) is 0.0257. The highest BCUT2D eigenvalue weighted by atomic mass is 19.4. The highest BCUT2D eigenvalue weighted by Crippen LogP contribution is 2.50. The predicted octanol–water partition coefficient (Wildman–Crippen LogP) is 5.78. The fraction of sp³-hybridized carbons (Fsp3) is 0.542. The van der Waals surface area contributed by atoms with Gasteiger partial charge in [0.1, 0.15) is 5.82 Å². The molecule has 1 saturated carbocycles. The van der Waals surface area contributed by atoms with Crippen LogP contribution in [0.15, 0.2) is 42.7 Å². The molecule has 2 fully saturated rings. The van der Waals surface area contributed by atoms with Crippen LogP contribution < -0.4 is 5.32 Å². The van der Waals surface area contributed by atoms with E-state index in [0.717, 1.165) is 56.4 Å². The minimum atomic E-state index is -4.40. The smallest absolute Gasteiger partial charge is 0.375 e. The number of hydrogen-bond acceptors (Lipinski definition) is 3. The number of hydrogen-bond donors (Lipinski definition) is 1. The standard InChI is InChI=1S/C24H28F4N2O/c25-20-5-3-4-19(14-20)22(10-13-31-23(17-22)7-1-2-8-23)9-12-30-16-18-15-29-11-6-21(18)24(26,27)28/h3-6,11,14-15,30H,1-2,7-10,12-13,16-17H2/t22-/m0/s1. The van der Waals surface area contributed by atoms with Gasteiger partial charge in [0.25, 0.3) is 0 Å². The first-order valence-corrected chi connectivity index (χ1v) is 10.9. The number of halogens is 4. The molecule has 2 aromatic rings. The summed E-state index contributed by atoms with van der Waals surface area (Å²) in [7, 11) is 0. The summed E-state index contributed by atoms with van der Waals surface area (Å²) in [6.45, 7) is 1.24. The van der Waals surface area contributed by atoms with Crippen LogP contribution in [0.1, 0.15) is 61.6 Å². The minimum absolute atomic E-state index is 0.0869. The summed E-state index contributed by atoms with van der Waals surface area (Å²) in [4.78, 5) is 3.85. The Hall–Kier alpha value is -1.99. The molecule has 7 heteroatoms. The van der Waals surface area contributed by atoms with E-state index >= 15 is 0 Å². The van der Waals surface area contributed by atoms with E-state index in [9.17, 15) is 17.6 Å². The van der Waals surface area contributed by atoms with E-state index in [1.807, 2.05) is 6.07 Å². The van der Waals surface area contributed by atoms with Gasteiger partial charge in [0.05, 0.1) is 11.2 Å². The summed E-state index contributed by atoms with van der Waals surface area (Å²) in [5.74, 6) is -0.262. The molecule has 0 radical (unpaired) electrons. The van der Waals surface area contributed by atoms with Crippen molar-refractivity contribution in [2.24, 2.45) is 0 Å². The minimum Gasteiger partial charge on any atom is -0.375 e. The van der Waals surface area contributed by atoms with Gasteiger partial charge in [0.15, 0.2) is 0 Å². The Morgan fingerprint density at radius 3 is 2.65 bits per heavy atom. The Balaban J connectivity index is 1.49. The molecule has 1 aliphatic heterocycles. The topological polar surface area (TPSA) is 34.2 Å². The van der Waals surface area contributed by atoms with Gasteiger partial charge >= 0.3 is 6.18 Å². The molecular weight excluding hydrogens is 408 g/mol. The van der Waals surface area contributed by atoms with E-state index in [0.29, 0.717) is 19.6 Å². The Morgan fingerprint density at radius 1 is 1.10 bits per heavy atom. The van der Waals surface area contributed by atoms with Crippen molar-refractivity contribution in [2.45, 2.75) is 68.7 Å². The van der Waals surface area contributed by atoms with Crippen LogP contribution >= 0.6 is 0 Å². The largest absolute Gasteiger partial charge is 0.416 e. The summed E-state index contributed by atoms with van der Waals surface area (Å²) in [6.07, 6.45) is 4.64. The number of benzene rings is 1. The normalized spacial score (nSPS) is 23.4. The van der Waals surface area contributed by atoms with Crippen molar-refractivity contribution in [1.29, 1.82) is 0 Å². The van der Waals surface area contributed by atoms with Crippen LogP contribution in [-0.4, -0.2) is 23.7 Å². The van der Waals surface area contributed by atoms with Crippen LogP contribution in [0.4, 0.5) is 17.6 Å². The number of nitrogens with zero attached hydrogens (tertiary/aromatic N) is 1. The van der Waals surface area contributed by atoms with Crippen LogP contribution in [0.25, 0.3) is 0 Å². The molecule has 31 heavy (non-hydrogen) atoms. The van der Waals surface area contributed by atoms with Gasteiger partial charge in [0, 0.05) is 31.0 Å². The summed E-state index contributed by atoms with van der Waals surface area (Å²) in [5, 5.41) is 3.18. The quantitative estimate of drug-likeness (QED) is 0.460. The highest BCUT2D eigenvalue weighted by Gasteiger charge is 2.47. The zero-order valence-corrected chi connectivity index (χ0v) is 17.5. The van der Waals surface area contributed by atoms with Crippen molar-refractivity contribution in [3.63, 3.8) is 0 Å². The van der Waals surface area contributed by atoms with Gasteiger partial charge in [-0.15, -0.1) is 0 Å². The molecule has 1 saturated heterocycles. The third-order valence-corrected chi connectivity index (χ3v) is 6.91. The van der Waals surface area contributed by atoms with Gasteiger partial charge in [-0.05, 0) is 68.0 Å². The monoisotopic (exact) mass is 436 g/mol. The van der Waals surface area contributed by atoms with Crippen LogP contribution in [0.3, 0.4) is 0 Å². The molecule has 1 spiro atoms. The third-order valence-electron chi connectivity index (χ3n) is 6.91. The van der Waals surface area contributed by atoms with E-state index in [1.54, 1.807) is 12.1 Å². The van der Waals surface area contributed by atoms with Crippen molar-refractivity contribution < 1.29 is 22.3 Å². The number of ether oxygens (including phenoxy) is 1. The maximum atomic E-state index is 14.1. The van der Waals surface area contributed by atoms with Gasteiger partial charge in [-0.2, -0.15) is 13.2 Å². The van der Waals surface area contributed by atoms with E-state index in [-0.39, 0.29) is 28.9 Å². The molecule has 1 atom stereocenters. The van der Waals surface area contributed by atoms with Crippen molar-refractivity contribution in [3.8, 4) is 0 Å². The Labute approximate surface area is 180 Å². The van der Waals surface area contributed by atoms with Gasteiger partial charge in [0.2, 0.25) is 0 Å². The van der Waals surface area contributed by atoms with Crippen LogP contribution in [0.5, 0.6) is 0 Å². The molecular formula is C24H28F4N2O. The molecule has 1 aromatic heterocycles. The van der Waals surface area contributed by atoms with Crippen molar-refractivity contribution in [3.05, 3.63) is 65.2 Å². The van der Waals surface area contributed by atoms with Gasteiger partial charge in [-0.1, -0.05) is 25.0 Å². The Kier molecular flexibility index (Phi) is 6.35. The molecule has 0 bridgehead atoms. The second-order valence-electron chi connectivity index (χ2n) is 8.91. The molecule has 1 N–H and O–H groups in total. The number of aromatic nitrogens is 1. The van der Waals surface area contributed by atoms with E-state index in [1.165, 1.54) is 12.3 Å². The van der Waals surface area contributed by atoms with Crippen LogP contribution in [0, 0.1) is 5.82 Å². The maximum Gasteiger partial charge on any atom is 0.416 e. The molecule has 1 aliphatic carbocycles. The lowest BCUT2D eigenvalue weighted by Crippen LogP contribution is -2.47. The molecule has 0 amide bonds. The number of alkyl halides is 3. The SMILES string of the molecule is Fc1cccc([C@@]2(CCNCc3cnccc3C(F)(F)F)CCOC3(CCCC3)C2)c1. The fourth-order valence-electron chi connectivity index (χ4n) is 5.38. The van der Waals surface area contributed by atoms with Crippen molar-refractivity contribution in [2.75, 3.05) is 13.2 Å².